The molecule has 0 amide bonds. The van der Waals surface area contributed by atoms with Gasteiger partial charge in [0.2, 0.25) is 0 Å². The van der Waals surface area contributed by atoms with Crippen molar-refractivity contribution in [2.45, 2.75) is 38.9 Å². The molecule has 0 unspecified atom stereocenters. The van der Waals surface area contributed by atoms with E-state index in [0.717, 1.165) is 103 Å². The Morgan fingerprint density at radius 2 is 1.00 bits per heavy atom. The van der Waals surface area contributed by atoms with Crippen molar-refractivity contribution in [1.29, 1.82) is 0 Å². The van der Waals surface area contributed by atoms with Crippen LogP contribution >= 0.6 is 74.4 Å². The quantitative estimate of drug-likeness (QED) is 0.217. The molecule has 0 atom stereocenters. The Labute approximate surface area is 343 Å². The third-order valence-corrected chi connectivity index (χ3v) is 8.61. The highest BCUT2D eigenvalue weighted by molar-refractivity contribution is 5.86. The van der Waals surface area contributed by atoms with Crippen LogP contribution in [-0.4, -0.2) is 83.6 Å². The molecule has 5 rings (SSSR count). The van der Waals surface area contributed by atoms with Gasteiger partial charge in [-0.15, -0.1) is 74.4 Å². The van der Waals surface area contributed by atoms with Gasteiger partial charge in [-0.2, -0.15) is 0 Å². The lowest BCUT2D eigenvalue weighted by Crippen LogP contribution is -2.36. The van der Waals surface area contributed by atoms with Crippen LogP contribution in [0.3, 0.4) is 0 Å². The normalized spacial score (nSPS) is 17.1. The lowest BCUT2D eigenvalue weighted by atomic mass is 9.97. The Bertz CT molecular complexity index is 1200. The van der Waals surface area contributed by atoms with Gasteiger partial charge in [0.15, 0.2) is 0 Å². The van der Waals surface area contributed by atoms with E-state index in [2.05, 4.69) is 92.1 Å². The number of nitrogens with one attached hydrogen (secondary N) is 5. The van der Waals surface area contributed by atoms with Gasteiger partial charge < -0.3 is 36.1 Å². The topological polar surface area (TPSA) is 81.9 Å². The summed E-state index contributed by atoms with van der Waals surface area (Å²) in [6.07, 6.45) is 3.37. The van der Waals surface area contributed by atoms with E-state index in [1.54, 1.807) is 0 Å². The minimum Gasteiger partial charge on any atom is -0.490 e. The molecule has 51 heavy (non-hydrogen) atoms. The van der Waals surface area contributed by atoms with Crippen LogP contribution in [0.25, 0.3) is 0 Å². The summed E-state index contributed by atoms with van der Waals surface area (Å²) in [5, 5.41) is 18.2. The van der Waals surface area contributed by atoms with Crippen LogP contribution in [0.4, 0.5) is 0 Å². The first-order valence-electron chi connectivity index (χ1n) is 17.1. The molecule has 0 bridgehead atoms. The van der Waals surface area contributed by atoms with E-state index >= 15 is 0 Å². The molecule has 3 aromatic rings. The summed E-state index contributed by atoms with van der Waals surface area (Å²) in [4.78, 5) is 2.60. The molecular formula is C37H60Cl6N6O2. The smallest absolute Gasteiger partial charge is 0.123 e. The maximum atomic E-state index is 6.12. The molecule has 8 nitrogen and oxygen atoms in total. The van der Waals surface area contributed by atoms with Gasteiger partial charge in [0.1, 0.15) is 24.7 Å². The number of ether oxygens (including phenoxy) is 2. The molecule has 2 aliphatic rings. The second kappa shape index (κ2) is 31.1. The average Bonchev–Trinajstić information content (AvgIpc) is 3.07. The highest BCUT2D eigenvalue weighted by Crippen LogP contribution is 2.21. The molecule has 0 aromatic heterocycles. The van der Waals surface area contributed by atoms with Gasteiger partial charge in [-0.25, -0.2) is 0 Å². The predicted molar refractivity (Wildman–Crippen MR) is 228 cm³/mol. The van der Waals surface area contributed by atoms with Gasteiger partial charge >= 0.3 is 0 Å². The van der Waals surface area contributed by atoms with E-state index in [1.807, 2.05) is 12.1 Å². The van der Waals surface area contributed by atoms with Crippen molar-refractivity contribution >= 4 is 74.4 Å². The maximum Gasteiger partial charge on any atom is 0.123 e. The number of halogens is 6. The molecule has 0 saturated carbocycles. The van der Waals surface area contributed by atoms with E-state index in [-0.39, 0.29) is 74.4 Å². The third kappa shape index (κ3) is 19.6. The second-order valence-electron chi connectivity index (χ2n) is 12.3. The van der Waals surface area contributed by atoms with E-state index < -0.39 is 0 Å². The summed E-state index contributed by atoms with van der Waals surface area (Å²) in [5.41, 5.74) is 5.14. The molecule has 3 aromatic carbocycles. The standard InChI is InChI=1S/C37H54N6O2.6ClH/c1-3-9-36-34(7-1)28-41-26-33(27-42-29-35-8-2-4-10-37(35)45-24-23-44-36)25-31-11-13-32(14-12-31)30-43-21-6-17-39-19-18-38-15-5-16-40-20-22-43;;;;;;/h1-4,7-14,33,38-42H,5-6,15-30H2;6*1H. The highest BCUT2D eigenvalue weighted by atomic mass is 35.5. The summed E-state index contributed by atoms with van der Waals surface area (Å²) in [6, 6.07) is 26.0. The fourth-order valence-corrected chi connectivity index (χ4v) is 6.12. The number of fused-ring (bicyclic) bond motifs is 2. The van der Waals surface area contributed by atoms with E-state index in [0.29, 0.717) is 19.1 Å². The average molecular weight is 834 g/mol. The molecule has 1 saturated heterocycles. The molecule has 292 valence electrons. The zero-order valence-electron chi connectivity index (χ0n) is 29.4. The van der Waals surface area contributed by atoms with Crippen molar-refractivity contribution < 1.29 is 9.47 Å². The number of rotatable bonds is 4. The summed E-state index contributed by atoms with van der Waals surface area (Å²) >= 11 is 0. The van der Waals surface area contributed by atoms with Gasteiger partial charge in [-0.05, 0) is 87.7 Å². The second-order valence-corrected chi connectivity index (χ2v) is 12.3. The van der Waals surface area contributed by atoms with Gasteiger partial charge in [0.05, 0.1) is 0 Å². The Balaban J connectivity index is 0. The van der Waals surface area contributed by atoms with Crippen molar-refractivity contribution in [1.82, 2.24) is 31.5 Å². The van der Waals surface area contributed by atoms with Crippen LogP contribution in [0.5, 0.6) is 11.5 Å². The van der Waals surface area contributed by atoms with Crippen molar-refractivity contribution in [2.24, 2.45) is 5.92 Å². The largest absolute Gasteiger partial charge is 0.490 e. The summed E-state index contributed by atoms with van der Waals surface area (Å²) in [7, 11) is 0. The van der Waals surface area contributed by atoms with Crippen LogP contribution in [-0.2, 0) is 26.1 Å². The molecule has 0 aliphatic carbocycles. The van der Waals surface area contributed by atoms with Gasteiger partial charge in [-0.3, -0.25) is 4.90 Å². The van der Waals surface area contributed by atoms with Crippen LogP contribution in [0.15, 0.2) is 72.8 Å². The van der Waals surface area contributed by atoms with Gasteiger partial charge in [-0.1, -0.05) is 60.7 Å². The summed E-state index contributed by atoms with van der Waals surface area (Å²) < 4.78 is 12.2. The zero-order chi connectivity index (χ0) is 30.8. The van der Waals surface area contributed by atoms with Crippen LogP contribution in [0.1, 0.15) is 35.1 Å². The first kappa shape index (κ1) is 51.9. The molecule has 1 fully saturated rings. The van der Waals surface area contributed by atoms with Crippen molar-refractivity contribution in [3.05, 3.63) is 95.1 Å². The fraction of sp³-hybridized carbons (Fsp3) is 0.514. The van der Waals surface area contributed by atoms with Crippen molar-refractivity contribution in [3.63, 3.8) is 0 Å². The summed E-state index contributed by atoms with van der Waals surface area (Å²) in [6.45, 7) is 14.0. The fourth-order valence-electron chi connectivity index (χ4n) is 6.12. The maximum absolute atomic E-state index is 6.12. The molecule has 14 heteroatoms. The van der Waals surface area contributed by atoms with Crippen molar-refractivity contribution in [3.8, 4) is 11.5 Å². The number of hydrogen-bond donors (Lipinski definition) is 5. The Hall–Kier alpha value is -1.24. The minimum atomic E-state index is 0. The first-order valence-corrected chi connectivity index (χ1v) is 17.1. The number of hydrogen-bond acceptors (Lipinski definition) is 8. The van der Waals surface area contributed by atoms with Gasteiger partial charge in [0.25, 0.3) is 0 Å². The Morgan fingerprint density at radius 3 is 1.57 bits per heavy atom. The number of para-hydroxylation sites is 2. The van der Waals surface area contributed by atoms with E-state index in [9.17, 15) is 0 Å². The predicted octanol–water partition coefficient (Wildman–Crippen LogP) is 6.09. The van der Waals surface area contributed by atoms with E-state index in [4.69, 9.17) is 9.47 Å². The highest BCUT2D eigenvalue weighted by Gasteiger charge is 2.14. The van der Waals surface area contributed by atoms with Crippen LogP contribution < -0.4 is 36.1 Å². The van der Waals surface area contributed by atoms with Gasteiger partial charge in [0, 0.05) is 56.9 Å². The Morgan fingerprint density at radius 1 is 0.510 bits per heavy atom. The lowest BCUT2D eigenvalue weighted by molar-refractivity contribution is 0.214. The molecule has 2 heterocycles. The molecule has 2 aliphatic heterocycles. The van der Waals surface area contributed by atoms with Crippen molar-refractivity contribution in [2.75, 3.05) is 78.7 Å². The monoisotopic (exact) mass is 830 g/mol. The molecular weight excluding hydrogens is 773 g/mol. The minimum absolute atomic E-state index is 0. The molecule has 0 spiro atoms. The lowest BCUT2D eigenvalue weighted by Gasteiger charge is -2.24. The van der Waals surface area contributed by atoms with Crippen LogP contribution in [0, 0.1) is 5.92 Å². The zero-order valence-corrected chi connectivity index (χ0v) is 34.3. The number of benzene rings is 3. The third-order valence-electron chi connectivity index (χ3n) is 8.61. The number of nitrogens with zero attached hydrogens (tertiary/aromatic N) is 1. The first-order chi connectivity index (χ1) is 22.3. The molecule has 5 N–H and O–H groups in total. The molecule has 0 radical (unpaired) electrons. The summed E-state index contributed by atoms with van der Waals surface area (Å²) in [5.74, 6) is 2.29. The SMILES string of the molecule is Cl.Cl.Cl.Cl.Cl.Cl.c1ccc2c(c1)CNCC(Cc1ccc(CN3CCCNCCNCCCNCC3)cc1)CNCc1ccccc1OCCO2. The van der Waals surface area contributed by atoms with Crippen LogP contribution in [0.2, 0.25) is 0 Å². The Kier molecular flexibility index (Phi) is 31.7. The van der Waals surface area contributed by atoms with E-state index in [1.165, 1.54) is 35.1 Å².